The minimum absolute atomic E-state index is 0.0214. The molecule has 3 heterocycles. The summed E-state index contributed by atoms with van der Waals surface area (Å²) in [5.74, 6) is -7.45. The van der Waals surface area contributed by atoms with Crippen LogP contribution in [0.2, 0.25) is 0 Å². The first-order valence-corrected chi connectivity index (χ1v) is 23.7. The van der Waals surface area contributed by atoms with E-state index in [1.807, 2.05) is 42.1 Å². The number of H-pyrrole nitrogens is 1. The summed E-state index contributed by atoms with van der Waals surface area (Å²) in [5.41, 5.74) is 2.48. The van der Waals surface area contributed by atoms with Gasteiger partial charge >= 0.3 is 17.9 Å². The molecular weight excluding hydrogens is 992 g/mol. The number of carbonyl (C=O) groups excluding carboxylic acids is 7. The lowest BCUT2D eigenvalue weighted by Gasteiger charge is -2.26. The standard InChI is InChI=1S/C53H53FN8O14/c1-62-26-29(33-6-4-5-7-42(33)62)19-40(51(70)59-38(14-15-46(66)74-2)50(69)61-41(20-30-25-55-27-58-30)52(71)60-39(43(65)24-54)23-47(67)75-3)56-16-17-57-49(68)28-8-11-34(37(18-28)53(72)73)48-35-12-9-31(63)21-44(35)76-45-22-32(64)10-13-36(45)48/h4-13,18,21-22,25-27,38-41,56,63H,14-17,19-20,23-24H2,1-3H3,(H,55,58)(H,57,68)(H,59,70)(H,60,71)(H,61,69)(H,72,73). The number of benzene rings is 4. The number of ketones is 1. The Labute approximate surface area is 431 Å². The summed E-state index contributed by atoms with van der Waals surface area (Å²) >= 11 is 0. The van der Waals surface area contributed by atoms with Gasteiger partial charge in [0, 0.05) is 96.2 Å². The molecule has 396 valence electrons. The molecule has 0 saturated heterocycles. The number of imidazole rings is 1. The quantitative estimate of drug-likeness (QED) is 0.0245. The van der Waals surface area contributed by atoms with Crippen LogP contribution in [0.1, 0.15) is 51.2 Å². The van der Waals surface area contributed by atoms with Gasteiger partial charge in [0.25, 0.3) is 5.91 Å². The highest BCUT2D eigenvalue weighted by Crippen LogP contribution is 2.42. The third kappa shape index (κ3) is 13.1. The van der Waals surface area contributed by atoms with Crippen LogP contribution in [0, 0.1) is 0 Å². The summed E-state index contributed by atoms with van der Waals surface area (Å²) in [4.78, 5) is 125. The highest BCUT2D eigenvalue weighted by molar-refractivity contribution is 6.09. The van der Waals surface area contributed by atoms with Crippen LogP contribution in [0.4, 0.5) is 4.39 Å². The van der Waals surface area contributed by atoms with Crippen molar-refractivity contribution in [1.29, 1.82) is 0 Å². The van der Waals surface area contributed by atoms with Crippen LogP contribution in [-0.4, -0.2) is 130 Å². The van der Waals surface area contributed by atoms with Crippen molar-refractivity contribution in [2.45, 2.75) is 56.3 Å². The lowest BCUT2D eigenvalue weighted by atomic mass is 9.90. The van der Waals surface area contributed by atoms with Crippen molar-refractivity contribution in [1.82, 2.24) is 41.1 Å². The number of fused-ring (bicyclic) bond motifs is 3. The fraction of sp³-hybridized carbons (Fsp3) is 0.283. The van der Waals surface area contributed by atoms with Crippen LogP contribution in [0.5, 0.6) is 5.75 Å². The average molecular weight is 1050 g/mol. The lowest BCUT2D eigenvalue weighted by Crippen LogP contribution is -2.58. The van der Waals surface area contributed by atoms with Crippen molar-refractivity contribution in [2.75, 3.05) is 34.0 Å². The van der Waals surface area contributed by atoms with E-state index in [4.69, 9.17) is 9.15 Å². The van der Waals surface area contributed by atoms with Crippen LogP contribution in [0.3, 0.4) is 0 Å². The predicted octanol–water partition coefficient (Wildman–Crippen LogP) is 2.87. The van der Waals surface area contributed by atoms with E-state index in [9.17, 15) is 57.8 Å². The monoisotopic (exact) mass is 1040 g/mol. The second kappa shape index (κ2) is 24.6. The van der Waals surface area contributed by atoms with Crippen LogP contribution in [0.25, 0.3) is 44.3 Å². The van der Waals surface area contributed by atoms with Crippen molar-refractivity contribution in [2.24, 2.45) is 7.05 Å². The molecular formula is C53H53FN8O14. The Morgan fingerprint density at radius 1 is 0.789 bits per heavy atom. The smallest absolute Gasteiger partial charge is 0.336 e. The number of carboxylic acid groups (broad SMARTS) is 1. The Kier molecular flexibility index (Phi) is 17.7. The van der Waals surface area contributed by atoms with Crippen LogP contribution < -0.4 is 32.0 Å². The van der Waals surface area contributed by atoms with Crippen LogP contribution in [0.15, 0.2) is 107 Å². The van der Waals surface area contributed by atoms with Crippen molar-refractivity contribution in [3.05, 3.63) is 130 Å². The minimum Gasteiger partial charge on any atom is -0.508 e. The number of rotatable bonds is 24. The zero-order valence-electron chi connectivity index (χ0n) is 41.3. The number of hydrogen-bond acceptors (Lipinski definition) is 15. The number of halogens is 1. The van der Waals surface area contributed by atoms with Crippen molar-refractivity contribution < 1.29 is 66.9 Å². The number of methoxy groups -OCH3 is 2. The van der Waals surface area contributed by atoms with E-state index in [0.717, 1.165) is 30.7 Å². The second-order valence-corrected chi connectivity index (χ2v) is 17.6. The van der Waals surface area contributed by atoms with E-state index in [0.29, 0.717) is 22.2 Å². The van der Waals surface area contributed by atoms with E-state index in [-0.39, 0.29) is 78.0 Å². The topological polar surface area (TPSA) is 319 Å². The van der Waals surface area contributed by atoms with E-state index in [1.165, 1.54) is 61.1 Å². The van der Waals surface area contributed by atoms with Gasteiger partial charge in [0.05, 0.1) is 38.6 Å². The number of ether oxygens (including phenoxy) is 2. The number of carbonyl (C=O) groups is 8. The predicted molar refractivity (Wildman–Crippen MR) is 271 cm³/mol. The highest BCUT2D eigenvalue weighted by atomic mass is 19.1. The summed E-state index contributed by atoms with van der Waals surface area (Å²) < 4.78 is 30.8. The molecule has 1 aliphatic heterocycles. The lowest BCUT2D eigenvalue weighted by molar-refractivity contribution is -0.144. The number of aromatic carboxylic acids is 1. The molecule has 0 bridgehead atoms. The average Bonchev–Trinajstić information content (AvgIpc) is 4.07. The second-order valence-electron chi connectivity index (χ2n) is 17.6. The Morgan fingerprint density at radius 2 is 1.50 bits per heavy atom. The minimum atomic E-state index is -1.65. The molecule has 7 rings (SSSR count). The molecule has 22 nitrogen and oxygen atoms in total. The molecule has 0 fully saturated rings. The number of esters is 2. The van der Waals surface area contributed by atoms with Gasteiger partial charge in [-0.3, -0.25) is 38.4 Å². The summed E-state index contributed by atoms with van der Waals surface area (Å²) in [6.45, 7) is -1.67. The molecule has 4 amide bonds. The molecule has 0 saturated carbocycles. The molecule has 76 heavy (non-hydrogen) atoms. The number of amides is 4. The van der Waals surface area contributed by atoms with Gasteiger partial charge in [0.15, 0.2) is 11.2 Å². The normalized spacial score (nSPS) is 12.8. The Bertz CT molecular complexity index is 3350. The number of carboxylic acids is 1. The molecule has 2 aliphatic rings. The molecule has 23 heteroatoms. The summed E-state index contributed by atoms with van der Waals surface area (Å²) in [7, 11) is 4.01. The summed E-state index contributed by atoms with van der Waals surface area (Å²) in [6, 6.07) is 14.1. The maximum absolute atomic E-state index is 14.5. The number of nitrogens with zero attached hydrogens (tertiary/aromatic N) is 2. The first kappa shape index (κ1) is 54.5. The zero-order chi connectivity index (χ0) is 54.6. The van der Waals surface area contributed by atoms with Gasteiger partial charge in [-0.1, -0.05) is 24.3 Å². The molecule has 5 aromatic rings. The molecule has 3 aromatic carbocycles. The van der Waals surface area contributed by atoms with Gasteiger partial charge in [0.2, 0.25) is 17.7 Å². The fourth-order valence-electron chi connectivity index (χ4n) is 8.68. The number of hydrogen-bond donors (Lipinski definition) is 8. The fourth-order valence-corrected chi connectivity index (χ4v) is 8.68. The zero-order valence-corrected chi connectivity index (χ0v) is 41.3. The van der Waals surface area contributed by atoms with Gasteiger partial charge < -0.3 is 60.2 Å². The number of aromatic hydroxyl groups is 1. The Hall–Kier alpha value is -9.25. The largest absolute Gasteiger partial charge is 0.508 e. The number of nitrogens with one attached hydrogen (secondary N) is 6. The molecule has 0 radical (unpaired) electrons. The first-order chi connectivity index (χ1) is 36.5. The van der Waals surface area contributed by atoms with Crippen molar-refractivity contribution in [3.63, 3.8) is 0 Å². The van der Waals surface area contributed by atoms with Gasteiger partial charge in [-0.25, -0.2) is 14.2 Å². The SMILES string of the molecule is COC(=O)CCC(NC(=O)C(Cc1cn(C)c2ccccc12)NCCNC(=O)c1ccc(-c2c3ccc(=O)cc-3oc3cc(O)ccc23)c(C(=O)O)c1)C(=O)NC(Cc1cnc[nH]1)C(=O)NC(CC(=O)OC)C(=O)CF. The van der Waals surface area contributed by atoms with Crippen molar-refractivity contribution in [3.8, 4) is 28.2 Å². The molecule has 8 N–H and O–H groups in total. The Balaban J connectivity index is 1.11. The maximum Gasteiger partial charge on any atom is 0.336 e. The third-order valence-corrected chi connectivity index (χ3v) is 12.5. The van der Waals surface area contributed by atoms with E-state index in [1.54, 1.807) is 6.07 Å². The van der Waals surface area contributed by atoms with E-state index >= 15 is 0 Å². The molecule has 4 unspecified atom stereocenters. The first-order valence-electron chi connectivity index (χ1n) is 23.7. The number of phenols is 1. The number of aromatic amines is 1. The Morgan fingerprint density at radius 3 is 2.22 bits per heavy atom. The highest BCUT2D eigenvalue weighted by Gasteiger charge is 2.33. The van der Waals surface area contributed by atoms with Crippen molar-refractivity contribution >= 4 is 69.2 Å². The molecule has 2 aromatic heterocycles. The number of aryl methyl sites for hydroxylation is 1. The van der Waals surface area contributed by atoms with Gasteiger partial charge in [-0.15, -0.1) is 0 Å². The van der Waals surface area contributed by atoms with Gasteiger partial charge in [0.1, 0.15) is 41.9 Å². The number of alkyl halides is 1. The van der Waals surface area contributed by atoms with Crippen LogP contribution >= 0.6 is 0 Å². The van der Waals surface area contributed by atoms with E-state index < -0.39 is 84.6 Å². The van der Waals surface area contributed by atoms with Gasteiger partial charge in [-0.05, 0) is 66.4 Å². The van der Waals surface area contributed by atoms with Crippen LogP contribution in [-0.2, 0) is 58.1 Å². The molecule has 1 aliphatic carbocycles. The number of para-hydroxylation sites is 1. The maximum atomic E-state index is 14.5. The number of aromatic nitrogens is 3. The van der Waals surface area contributed by atoms with E-state index in [2.05, 4.69) is 41.3 Å². The number of Topliss-reactive ketones (excluding diaryl/α,β-unsaturated/α-hetero) is 1. The summed E-state index contributed by atoms with van der Waals surface area (Å²) in [6.07, 6.45) is 2.91. The summed E-state index contributed by atoms with van der Waals surface area (Å²) in [5, 5.41) is 35.3. The van der Waals surface area contributed by atoms with Gasteiger partial charge in [-0.2, -0.15) is 0 Å². The molecule has 4 atom stereocenters. The molecule has 0 spiro atoms. The number of phenolic OH excluding ortho intramolecular Hbond substituents is 1. The third-order valence-electron chi connectivity index (χ3n) is 12.5.